The highest BCUT2D eigenvalue weighted by Gasteiger charge is 2.27. The van der Waals surface area contributed by atoms with Gasteiger partial charge in [0.25, 0.3) is 0 Å². The van der Waals surface area contributed by atoms with Gasteiger partial charge in [0.15, 0.2) is 0 Å². The lowest BCUT2D eigenvalue weighted by Gasteiger charge is -2.35. The van der Waals surface area contributed by atoms with Crippen molar-refractivity contribution in [3.05, 3.63) is 35.7 Å². The summed E-state index contributed by atoms with van der Waals surface area (Å²) < 4.78 is 7.35. The molecule has 0 N–H and O–H groups in total. The number of nitrogens with zero attached hydrogens (tertiary/aromatic N) is 5. The van der Waals surface area contributed by atoms with Crippen LogP contribution in [0.15, 0.2) is 18.6 Å². The number of aryl methyl sites for hydroxylation is 2. The maximum atomic E-state index is 5.10. The molecule has 6 heteroatoms. The lowest BCUT2D eigenvalue weighted by Crippen LogP contribution is -2.34. The maximum Gasteiger partial charge on any atom is 0.316 e. The van der Waals surface area contributed by atoms with E-state index in [0.717, 1.165) is 37.3 Å². The van der Waals surface area contributed by atoms with Crippen molar-refractivity contribution < 1.29 is 4.74 Å². The van der Waals surface area contributed by atoms with Crippen molar-refractivity contribution in [2.45, 2.75) is 52.2 Å². The standard InChI is InChI=1S/C17H25N5O/c1-4-21-10-8-18-16(21)15-7-5-6-9-22(15)12-14-11-19-17(23-3)20-13(14)2/h8,10-11,15H,4-7,9,12H2,1-3H3. The summed E-state index contributed by atoms with van der Waals surface area (Å²) in [5, 5.41) is 0. The van der Waals surface area contributed by atoms with Gasteiger partial charge < -0.3 is 9.30 Å². The molecular formula is C17H25N5O. The molecule has 0 aromatic carbocycles. The van der Waals surface area contributed by atoms with Gasteiger partial charge in [0.1, 0.15) is 5.82 Å². The minimum atomic E-state index is 0.375. The lowest BCUT2D eigenvalue weighted by atomic mass is 10.0. The van der Waals surface area contributed by atoms with Gasteiger partial charge in [-0.25, -0.2) is 15.0 Å². The molecule has 0 spiro atoms. The molecule has 1 unspecified atom stereocenters. The fourth-order valence-electron chi connectivity index (χ4n) is 3.30. The fourth-order valence-corrected chi connectivity index (χ4v) is 3.30. The third-order valence-electron chi connectivity index (χ3n) is 4.61. The normalized spacial score (nSPS) is 19.0. The van der Waals surface area contributed by atoms with E-state index in [1.165, 1.54) is 18.7 Å². The zero-order valence-corrected chi connectivity index (χ0v) is 14.2. The van der Waals surface area contributed by atoms with Crippen molar-refractivity contribution in [3.63, 3.8) is 0 Å². The summed E-state index contributed by atoms with van der Waals surface area (Å²) in [5.74, 6) is 1.18. The Hall–Kier alpha value is -1.95. The molecule has 124 valence electrons. The number of ether oxygens (including phenoxy) is 1. The van der Waals surface area contributed by atoms with Crippen molar-refractivity contribution in [1.29, 1.82) is 0 Å². The summed E-state index contributed by atoms with van der Waals surface area (Å²) >= 11 is 0. The van der Waals surface area contributed by atoms with Crippen LogP contribution in [0.25, 0.3) is 0 Å². The van der Waals surface area contributed by atoms with Gasteiger partial charge in [-0.15, -0.1) is 0 Å². The largest absolute Gasteiger partial charge is 0.467 e. The molecule has 1 aliphatic heterocycles. The van der Waals surface area contributed by atoms with E-state index in [4.69, 9.17) is 4.74 Å². The molecule has 3 rings (SSSR count). The molecular weight excluding hydrogens is 290 g/mol. The van der Waals surface area contributed by atoms with E-state index in [1.807, 2.05) is 19.3 Å². The topological polar surface area (TPSA) is 56.1 Å². The molecule has 0 saturated carbocycles. The number of imidazole rings is 1. The number of aromatic nitrogens is 4. The molecule has 1 saturated heterocycles. The number of piperidine rings is 1. The van der Waals surface area contributed by atoms with Crippen LogP contribution in [0.3, 0.4) is 0 Å². The van der Waals surface area contributed by atoms with Crippen LogP contribution in [0.2, 0.25) is 0 Å². The van der Waals surface area contributed by atoms with Gasteiger partial charge in [0.05, 0.1) is 13.2 Å². The van der Waals surface area contributed by atoms with Crippen molar-refractivity contribution in [1.82, 2.24) is 24.4 Å². The van der Waals surface area contributed by atoms with E-state index in [1.54, 1.807) is 7.11 Å². The molecule has 6 nitrogen and oxygen atoms in total. The smallest absolute Gasteiger partial charge is 0.316 e. The highest BCUT2D eigenvalue weighted by atomic mass is 16.5. The predicted molar refractivity (Wildman–Crippen MR) is 88.2 cm³/mol. The average molecular weight is 315 g/mol. The fraction of sp³-hybridized carbons (Fsp3) is 0.588. The second-order valence-corrected chi connectivity index (χ2v) is 6.02. The van der Waals surface area contributed by atoms with Crippen molar-refractivity contribution in [3.8, 4) is 6.01 Å². The molecule has 1 fully saturated rings. The van der Waals surface area contributed by atoms with E-state index < -0.39 is 0 Å². The Kier molecular flexibility index (Phi) is 4.91. The van der Waals surface area contributed by atoms with Crippen LogP contribution in [0.1, 0.15) is 49.3 Å². The SMILES string of the molecule is CCn1ccnc1C1CCCCN1Cc1cnc(OC)nc1C. The summed E-state index contributed by atoms with van der Waals surface area (Å²) in [6.45, 7) is 7.10. The third kappa shape index (κ3) is 3.37. The average Bonchev–Trinajstić information content (AvgIpc) is 3.05. The Bertz CT molecular complexity index is 654. The van der Waals surface area contributed by atoms with Gasteiger partial charge in [0.2, 0.25) is 0 Å². The molecule has 1 aliphatic rings. The Morgan fingerprint density at radius 1 is 1.30 bits per heavy atom. The molecule has 1 atom stereocenters. The maximum absolute atomic E-state index is 5.10. The predicted octanol–water partition coefficient (Wildman–Crippen LogP) is 2.74. The molecule has 23 heavy (non-hydrogen) atoms. The quantitative estimate of drug-likeness (QED) is 0.849. The van der Waals surface area contributed by atoms with E-state index in [2.05, 4.69) is 37.5 Å². The zero-order valence-electron chi connectivity index (χ0n) is 14.2. The number of methoxy groups -OCH3 is 1. The molecule has 2 aromatic heterocycles. The van der Waals surface area contributed by atoms with Gasteiger partial charge >= 0.3 is 6.01 Å². The van der Waals surface area contributed by atoms with Gasteiger partial charge in [-0.3, -0.25) is 4.90 Å². The molecule has 3 heterocycles. The van der Waals surface area contributed by atoms with E-state index in [0.29, 0.717) is 12.1 Å². The second kappa shape index (κ2) is 7.08. The van der Waals surface area contributed by atoms with Crippen LogP contribution >= 0.6 is 0 Å². The highest BCUT2D eigenvalue weighted by molar-refractivity contribution is 5.18. The molecule has 0 aliphatic carbocycles. The monoisotopic (exact) mass is 315 g/mol. The van der Waals surface area contributed by atoms with Gasteiger partial charge in [-0.2, -0.15) is 0 Å². The van der Waals surface area contributed by atoms with Gasteiger partial charge in [0, 0.05) is 42.9 Å². The minimum absolute atomic E-state index is 0.375. The van der Waals surface area contributed by atoms with Crippen molar-refractivity contribution >= 4 is 0 Å². The van der Waals surface area contributed by atoms with Crippen LogP contribution < -0.4 is 4.74 Å². The summed E-state index contributed by atoms with van der Waals surface area (Å²) in [4.78, 5) is 15.8. The number of likely N-dealkylation sites (tertiary alicyclic amines) is 1. The Labute approximate surface area is 137 Å². The van der Waals surface area contributed by atoms with Crippen LogP contribution in [-0.4, -0.2) is 38.1 Å². The second-order valence-electron chi connectivity index (χ2n) is 6.02. The summed E-state index contributed by atoms with van der Waals surface area (Å²) in [6.07, 6.45) is 9.53. The molecule has 0 radical (unpaired) electrons. The lowest BCUT2D eigenvalue weighted by molar-refractivity contribution is 0.130. The first-order valence-corrected chi connectivity index (χ1v) is 8.34. The van der Waals surface area contributed by atoms with E-state index >= 15 is 0 Å². The van der Waals surface area contributed by atoms with Crippen LogP contribution in [0, 0.1) is 6.92 Å². The number of rotatable bonds is 5. The Morgan fingerprint density at radius 3 is 2.91 bits per heavy atom. The van der Waals surface area contributed by atoms with E-state index in [9.17, 15) is 0 Å². The Balaban J connectivity index is 1.82. The molecule has 0 amide bonds. The van der Waals surface area contributed by atoms with Crippen LogP contribution in [0.5, 0.6) is 6.01 Å². The van der Waals surface area contributed by atoms with Crippen molar-refractivity contribution in [2.75, 3.05) is 13.7 Å². The Morgan fingerprint density at radius 2 is 2.17 bits per heavy atom. The number of hydrogen-bond donors (Lipinski definition) is 0. The van der Waals surface area contributed by atoms with Gasteiger partial charge in [-0.05, 0) is 33.2 Å². The summed E-state index contributed by atoms with van der Waals surface area (Å²) in [5.41, 5.74) is 2.15. The zero-order chi connectivity index (χ0) is 16.2. The summed E-state index contributed by atoms with van der Waals surface area (Å²) in [7, 11) is 1.60. The first kappa shape index (κ1) is 15.9. The minimum Gasteiger partial charge on any atom is -0.467 e. The molecule has 0 bridgehead atoms. The van der Waals surface area contributed by atoms with Crippen LogP contribution in [0.4, 0.5) is 0 Å². The van der Waals surface area contributed by atoms with Crippen molar-refractivity contribution in [2.24, 2.45) is 0 Å². The number of hydrogen-bond acceptors (Lipinski definition) is 5. The van der Waals surface area contributed by atoms with E-state index in [-0.39, 0.29) is 0 Å². The van der Waals surface area contributed by atoms with Gasteiger partial charge in [-0.1, -0.05) is 6.42 Å². The molecule has 2 aromatic rings. The third-order valence-corrected chi connectivity index (χ3v) is 4.61. The summed E-state index contributed by atoms with van der Waals surface area (Å²) in [6, 6.07) is 0.808. The van der Waals surface area contributed by atoms with Crippen LogP contribution in [-0.2, 0) is 13.1 Å². The highest BCUT2D eigenvalue weighted by Crippen LogP contribution is 2.31. The first-order valence-electron chi connectivity index (χ1n) is 8.34. The first-order chi connectivity index (χ1) is 11.2.